The number of nitrogens with zero attached hydrogens (tertiary/aromatic N) is 1. The zero-order chi connectivity index (χ0) is 23.6. The highest BCUT2D eigenvalue weighted by Crippen LogP contribution is 2.33. The first-order valence-corrected chi connectivity index (χ1v) is 10.2. The highest BCUT2D eigenvalue weighted by atomic mass is 35.5. The summed E-state index contributed by atoms with van der Waals surface area (Å²) in [6.45, 7) is 3.30. The number of hydrogen-bond acceptors (Lipinski definition) is 4. The topological polar surface area (TPSA) is 83.1 Å². The van der Waals surface area contributed by atoms with Gasteiger partial charge in [0.1, 0.15) is 17.7 Å². The van der Waals surface area contributed by atoms with Gasteiger partial charge in [-0.1, -0.05) is 37.6 Å². The number of carbonyl (C=O) groups excluding carboxylic acids is 2. The van der Waals surface area contributed by atoms with Crippen LogP contribution in [0.5, 0.6) is 0 Å². The number of nitrogens with one attached hydrogen (secondary N) is 3. The molecule has 2 heterocycles. The van der Waals surface area contributed by atoms with Crippen LogP contribution in [0.1, 0.15) is 55.0 Å². The minimum atomic E-state index is -4.64. The standard InChI is InChI=1S/C21H21ClF4N4O2/c1-10(2)20(32)27-9-11-6-7-12(22)17(18(11)23)19-29-14(8-16(31)30-19)13-4-3-5-15(28-13)21(24,25)26/h3-7,10,14,19,29H,8-9H2,1-2H3,(H,27,32)(H,30,31). The molecule has 0 aliphatic carbocycles. The predicted octanol–water partition coefficient (Wildman–Crippen LogP) is 4.01. The van der Waals surface area contributed by atoms with Crippen LogP contribution < -0.4 is 16.0 Å². The summed E-state index contributed by atoms with van der Waals surface area (Å²) in [6, 6.07) is 5.33. The van der Waals surface area contributed by atoms with E-state index in [2.05, 4.69) is 20.9 Å². The van der Waals surface area contributed by atoms with Crippen LogP contribution in [-0.2, 0) is 22.3 Å². The third-order valence-electron chi connectivity index (χ3n) is 4.95. The Kier molecular flexibility index (Phi) is 7.04. The second-order valence-electron chi connectivity index (χ2n) is 7.68. The quantitative estimate of drug-likeness (QED) is 0.574. The summed E-state index contributed by atoms with van der Waals surface area (Å²) >= 11 is 6.19. The van der Waals surface area contributed by atoms with Gasteiger partial charge in [-0.25, -0.2) is 9.37 Å². The highest BCUT2D eigenvalue weighted by molar-refractivity contribution is 6.31. The van der Waals surface area contributed by atoms with Crippen LogP contribution >= 0.6 is 11.6 Å². The van der Waals surface area contributed by atoms with Crippen molar-refractivity contribution in [3.8, 4) is 0 Å². The maximum Gasteiger partial charge on any atom is 0.433 e. The van der Waals surface area contributed by atoms with Crippen molar-refractivity contribution in [3.05, 3.63) is 63.7 Å². The van der Waals surface area contributed by atoms with Crippen molar-refractivity contribution in [2.45, 2.75) is 45.2 Å². The molecule has 32 heavy (non-hydrogen) atoms. The van der Waals surface area contributed by atoms with Crippen molar-refractivity contribution in [1.82, 2.24) is 20.9 Å². The van der Waals surface area contributed by atoms with Gasteiger partial charge >= 0.3 is 6.18 Å². The van der Waals surface area contributed by atoms with Crippen molar-refractivity contribution in [3.63, 3.8) is 0 Å². The van der Waals surface area contributed by atoms with Gasteiger partial charge in [0.25, 0.3) is 0 Å². The molecule has 0 saturated carbocycles. The number of benzene rings is 1. The number of hydrogen-bond donors (Lipinski definition) is 3. The van der Waals surface area contributed by atoms with Crippen molar-refractivity contribution in [1.29, 1.82) is 0 Å². The summed E-state index contributed by atoms with van der Waals surface area (Å²) in [5.41, 5.74) is -1.02. The van der Waals surface area contributed by atoms with Gasteiger partial charge in [-0.15, -0.1) is 0 Å². The first kappa shape index (κ1) is 23.9. The lowest BCUT2D eigenvalue weighted by molar-refractivity contribution is -0.141. The van der Waals surface area contributed by atoms with Gasteiger partial charge in [0, 0.05) is 30.0 Å². The molecule has 2 aromatic rings. The molecule has 1 aromatic carbocycles. The monoisotopic (exact) mass is 472 g/mol. The summed E-state index contributed by atoms with van der Waals surface area (Å²) in [6.07, 6.45) is -5.93. The smallest absolute Gasteiger partial charge is 0.352 e. The molecule has 1 saturated heterocycles. The van der Waals surface area contributed by atoms with E-state index in [0.717, 1.165) is 6.07 Å². The Bertz CT molecular complexity index is 1030. The third-order valence-corrected chi connectivity index (χ3v) is 5.28. The Balaban J connectivity index is 1.89. The zero-order valence-corrected chi connectivity index (χ0v) is 17.9. The number of amides is 2. The van der Waals surface area contributed by atoms with Crippen LogP contribution in [0, 0.1) is 11.7 Å². The second-order valence-corrected chi connectivity index (χ2v) is 8.08. The lowest BCUT2D eigenvalue weighted by Gasteiger charge is -2.32. The Labute approximate surface area is 186 Å². The molecule has 0 radical (unpaired) electrons. The lowest BCUT2D eigenvalue weighted by atomic mass is 10.0. The normalized spacial score (nSPS) is 19.1. The molecule has 1 aromatic heterocycles. The van der Waals surface area contributed by atoms with E-state index >= 15 is 4.39 Å². The van der Waals surface area contributed by atoms with Crippen LogP contribution in [0.4, 0.5) is 17.6 Å². The van der Waals surface area contributed by atoms with Gasteiger partial charge in [-0.2, -0.15) is 13.2 Å². The Morgan fingerprint density at radius 2 is 2.00 bits per heavy atom. The van der Waals surface area contributed by atoms with E-state index in [0.29, 0.717) is 0 Å². The molecule has 1 aliphatic heterocycles. The third kappa shape index (κ3) is 5.36. The number of carbonyl (C=O) groups is 2. The number of pyridine rings is 1. The number of aromatic nitrogens is 1. The number of alkyl halides is 3. The van der Waals surface area contributed by atoms with E-state index in [1.807, 2.05) is 0 Å². The summed E-state index contributed by atoms with van der Waals surface area (Å²) < 4.78 is 54.3. The number of halogens is 5. The van der Waals surface area contributed by atoms with Gasteiger partial charge in [0.05, 0.1) is 16.8 Å². The molecule has 0 bridgehead atoms. The highest BCUT2D eigenvalue weighted by Gasteiger charge is 2.35. The van der Waals surface area contributed by atoms with E-state index in [1.165, 1.54) is 24.3 Å². The van der Waals surface area contributed by atoms with Gasteiger partial charge in [-0.05, 0) is 18.2 Å². The number of rotatable bonds is 5. The summed E-state index contributed by atoms with van der Waals surface area (Å²) in [5.74, 6) is -1.80. The van der Waals surface area contributed by atoms with E-state index in [1.54, 1.807) is 13.8 Å². The fourth-order valence-electron chi connectivity index (χ4n) is 3.26. The zero-order valence-electron chi connectivity index (χ0n) is 17.2. The van der Waals surface area contributed by atoms with Crippen molar-refractivity contribution in [2.24, 2.45) is 5.92 Å². The molecule has 11 heteroatoms. The SMILES string of the molecule is CC(C)C(=O)NCc1ccc(Cl)c(C2NC(=O)CC(c3cccc(C(F)(F)F)n3)N2)c1F. The van der Waals surface area contributed by atoms with Crippen molar-refractivity contribution < 1.29 is 27.2 Å². The van der Waals surface area contributed by atoms with Crippen LogP contribution in [0.15, 0.2) is 30.3 Å². The van der Waals surface area contributed by atoms with Gasteiger partial charge in [0.15, 0.2) is 0 Å². The molecule has 1 aliphatic rings. The van der Waals surface area contributed by atoms with Crippen molar-refractivity contribution in [2.75, 3.05) is 0 Å². The van der Waals surface area contributed by atoms with Crippen molar-refractivity contribution >= 4 is 23.4 Å². The van der Waals surface area contributed by atoms with Gasteiger partial charge < -0.3 is 10.6 Å². The van der Waals surface area contributed by atoms with E-state index in [9.17, 15) is 22.8 Å². The molecule has 172 valence electrons. The van der Waals surface area contributed by atoms with Gasteiger partial charge in [-0.3, -0.25) is 14.9 Å². The Hall–Kier alpha value is -2.72. The van der Waals surface area contributed by atoms with E-state index in [-0.39, 0.29) is 46.6 Å². The average Bonchev–Trinajstić information content (AvgIpc) is 2.72. The molecule has 2 atom stereocenters. The Morgan fingerprint density at radius 1 is 1.28 bits per heavy atom. The molecular weight excluding hydrogens is 452 g/mol. The molecule has 2 amide bonds. The minimum absolute atomic E-state index is 0.00319. The first-order valence-electron chi connectivity index (χ1n) is 9.81. The molecule has 3 N–H and O–H groups in total. The first-order chi connectivity index (χ1) is 15.0. The molecule has 2 unspecified atom stereocenters. The van der Waals surface area contributed by atoms with Crippen LogP contribution in [0.3, 0.4) is 0 Å². The fraction of sp³-hybridized carbons (Fsp3) is 0.381. The Morgan fingerprint density at radius 3 is 2.66 bits per heavy atom. The van der Waals surface area contributed by atoms with Crippen LogP contribution in [-0.4, -0.2) is 16.8 Å². The molecule has 1 fully saturated rings. The maximum absolute atomic E-state index is 15.3. The molecular formula is C21H21ClF4N4O2. The summed E-state index contributed by atoms with van der Waals surface area (Å²) in [5, 5.41) is 8.09. The maximum atomic E-state index is 15.3. The molecule has 3 rings (SSSR count). The summed E-state index contributed by atoms with van der Waals surface area (Å²) in [7, 11) is 0. The fourth-order valence-corrected chi connectivity index (χ4v) is 3.51. The summed E-state index contributed by atoms with van der Waals surface area (Å²) in [4.78, 5) is 27.7. The molecule has 0 spiro atoms. The predicted molar refractivity (Wildman–Crippen MR) is 109 cm³/mol. The van der Waals surface area contributed by atoms with E-state index in [4.69, 9.17) is 11.6 Å². The average molecular weight is 473 g/mol. The van der Waals surface area contributed by atoms with Crippen LogP contribution in [0.25, 0.3) is 0 Å². The molecule has 6 nitrogen and oxygen atoms in total. The lowest BCUT2D eigenvalue weighted by Crippen LogP contribution is -2.47. The largest absolute Gasteiger partial charge is 0.433 e. The second kappa shape index (κ2) is 9.41. The van der Waals surface area contributed by atoms with Crippen LogP contribution in [0.2, 0.25) is 5.02 Å². The minimum Gasteiger partial charge on any atom is -0.352 e. The van der Waals surface area contributed by atoms with E-state index < -0.39 is 35.8 Å². The van der Waals surface area contributed by atoms with Gasteiger partial charge in [0.2, 0.25) is 11.8 Å².